The summed E-state index contributed by atoms with van der Waals surface area (Å²) in [6.07, 6.45) is -1.11. The smallest absolute Gasteiger partial charge is 0.407 e. The van der Waals surface area contributed by atoms with Gasteiger partial charge in [-0.15, -0.1) is 0 Å². The highest BCUT2D eigenvalue weighted by Crippen LogP contribution is 2.05. The Morgan fingerprint density at radius 1 is 1.17 bits per heavy atom. The number of amides is 3. The highest BCUT2D eigenvalue weighted by atomic mass is 16.6. The second kappa shape index (κ2) is 7.75. The number of aliphatic hydroxyl groups is 1. The average Bonchev–Trinajstić information content (AvgIpc) is 2.19. The molecule has 7 heteroatoms. The van der Waals surface area contributed by atoms with E-state index in [1.165, 1.54) is 0 Å². The van der Waals surface area contributed by atoms with Crippen molar-refractivity contribution in [1.29, 1.82) is 0 Å². The molecular weight excluding hydrogens is 238 g/mol. The Morgan fingerprint density at radius 2 is 1.72 bits per heavy atom. The summed E-state index contributed by atoms with van der Waals surface area (Å²) >= 11 is 0. The van der Waals surface area contributed by atoms with Crippen molar-refractivity contribution in [2.75, 3.05) is 19.6 Å². The molecule has 0 saturated heterocycles. The fourth-order valence-electron chi connectivity index (χ4n) is 0.958. The monoisotopic (exact) mass is 261 g/mol. The molecule has 0 aliphatic heterocycles. The molecule has 0 rings (SSSR count). The molecule has 1 atom stereocenters. The van der Waals surface area contributed by atoms with Gasteiger partial charge in [0.15, 0.2) is 0 Å². The van der Waals surface area contributed by atoms with E-state index in [0.29, 0.717) is 0 Å². The number of aliphatic hydroxyl groups excluding tert-OH is 1. The molecule has 0 heterocycles. The molecule has 0 aliphatic carbocycles. The first kappa shape index (κ1) is 16.5. The van der Waals surface area contributed by atoms with Crippen LogP contribution in [0.2, 0.25) is 0 Å². The van der Waals surface area contributed by atoms with E-state index >= 15 is 0 Å². The summed E-state index contributed by atoms with van der Waals surface area (Å²) in [7, 11) is 0. The Kier molecular flexibility index (Phi) is 7.11. The van der Waals surface area contributed by atoms with E-state index < -0.39 is 17.8 Å². The lowest BCUT2D eigenvalue weighted by Gasteiger charge is -2.19. The summed E-state index contributed by atoms with van der Waals surface area (Å²) in [6.45, 7) is 7.63. The van der Waals surface area contributed by atoms with Gasteiger partial charge in [-0.2, -0.15) is 0 Å². The Balaban J connectivity index is 3.56. The maximum absolute atomic E-state index is 11.2. The van der Waals surface area contributed by atoms with E-state index in [9.17, 15) is 9.59 Å². The number of carbonyl (C=O) groups excluding carboxylic acids is 2. The van der Waals surface area contributed by atoms with Crippen molar-refractivity contribution >= 4 is 12.1 Å². The first-order valence-electron chi connectivity index (χ1n) is 5.87. The van der Waals surface area contributed by atoms with Crippen molar-refractivity contribution in [3.8, 4) is 0 Å². The number of ether oxygens (including phenoxy) is 1. The largest absolute Gasteiger partial charge is 0.444 e. The number of rotatable bonds is 5. The summed E-state index contributed by atoms with van der Waals surface area (Å²) in [5, 5.41) is 16.4. The molecule has 0 spiro atoms. The lowest BCUT2D eigenvalue weighted by atomic mass is 10.2. The zero-order valence-corrected chi connectivity index (χ0v) is 11.4. The lowest BCUT2D eigenvalue weighted by molar-refractivity contribution is 0.0528. The number of hydrogen-bond donors (Lipinski definition) is 4. The molecule has 7 nitrogen and oxygen atoms in total. The SMILES string of the molecule is CC(O)CNC(=O)NCCNC(=O)OC(C)(C)C. The summed E-state index contributed by atoms with van der Waals surface area (Å²) in [5.41, 5.74) is -0.536. The molecule has 0 bridgehead atoms. The summed E-state index contributed by atoms with van der Waals surface area (Å²) in [4.78, 5) is 22.4. The third-order valence-electron chi connectivity index (χ3n) is 1.64. The summed E-state index contributed by atoms with van der Waals surface area (Å²) < 4.78 is 5.01. The zero-order valence-electron chi connectivity index (χ0n) is 11.4. The molecular formula is C11H23N3O4. The molecule has 106 valence electrons. The van der Waals surface area contributed by atoms with Gasteiger partial charge in [-0.3, -0.25) is 0 Å². The number of hydrogen-bond acceptors (Lipinski definition) is 4. The van der Waals surface area contributed by atoms with Gasteiger partial charge >= 0.3 is 12.1 Å². The van der Waals surface area contributed by atoms with Crippen LogP contribution in [0.4, 0.5) is 9.59 Å². The summed E-state index contributed by atoms with van der Waals surface area (Å²) in [5.74, 6) is 0. The van der Waals surface area contributed by atoms with E-state index in [-0.39, 0.29) is 25.7 Å². The Hall–Kier alpha value is -1.50. The minimum absolute atomic E-state index is 0.186. The first-order valence-corrected chi connectivity index (χ1v) is 5.87. The lowest BCUT2D eigenvalue weighted by Crippen LogP contribution is -2.43. The highest BCUT2D eigenvalue weighted by Gasteiger charge is 2.15. The fourth-order valence-corrected chi connectivity index (χ4v) is 0.958. The molecule has 0 radical (unpaired) electrons. The molecule has 0 aliphatic rings. The fraction of sp³-hybridized carbons (Fsp3) is 0.818. The van der Waals surface area contributed by atoms with Crippen LogP contribution in [-0.2, 0) is 4.74 Å². The van der Waals surface area contributed by atoms with Crippen LogP contribution in [-0.4, -0.2) is 48.6 Å². The van der Waals surface area contributed by atoms with Crippen LogP contribution in [0.1, 0.15) is 27.7 Å². The van der Waals surface area contributed by atoms with Crippen molar-refractivity contribution in [2.45, 2.75) is 39.4 Å². The number of carbonyl (C=O) groups is 2. The normalized spacial score (nSPS) is 12.5. The van der Waals surface area contributed by atoms with Crippen molar-refractivity contribution in [1.82, 2.24) is 16.0 Å². The van der Waals surface area contributed by atoms with Crippen molar-refractivity contribution in [3.05, 3.63) is 0 Å². The van der Waals surface area contributed by atoms with E-state index in [2.05, 4.69) is 16.0 Å². The molecule has 1 unspecified atom stereocenters. The van der Waals surface area contributed by atoms with Crippen LogP contribution >= 0.6 is 0 Å². The predicted molar refractivity (Wildman–Crippen MR) is 67.3 cm³/mol. The van der Waals surface area contributed by atoms with Crippen molar-refractivity contribution in [2.24, 2.45) is 0 Å². The van der Waals surface area contributed by atoms with Crippen LogP contribution in [0.5, 0.6) is 0 Å². The van der Waals surface area contributed by atoms with Gasteiger partial charge in [-0.25, -0.2) is 9.59 Å². The van der Waals surface area contributed by atoms with Gasteiger partial charge in [0.1, 0.15) is 5.60 Å². The van der Waals surface area contributed by atoms with E-state index in [4.69, 9.17) is 9.84 Å². The van der Waals surface area contributed by atoms with Gasteiger partial charge in [-0.1, -0.05) is 0 Å². The predicted octanol–water partition coefficient (Wildman–Crippen LogP) is 0.191. The van der Waals surface area contributed by atoms with E-state index in [1.54, 1.807) is 27.7 Å². The third-order valence-corrected chi connectivity index (χ3v) is 1.64. The molecule has 0 aromatic heterocycles. The second-order valence-corrected chi connectivity index (χ2v) is 4.91. The molecule has 0 saturated carbocycles. The number of alkyl carbamates (subject to hydrolysis) is 1. The number of nitrogens with one attached hydrogen (secondary N) is 3. The van der Waals surface area contributed by atoms with Crippen molar-refractivity contribution in [3.63, 3.8) is 0 Å². The Labute approximate surface area is 107 Å². The molecule has 4 N–H and O–H groups in total. The first-order chi connectivity index (χ1) is 8.20. The maximum atomic E-state index is 11.2. The minimum Gasteiger partial charge on any atom is -0.444 e. The van der Waals surface area contributed by atoms with E-state index in [0.717, 1.165) is 0 Å². The molecule has 0 aromatic rings. The zero-order chi connectivity index (χ0) is 14.2. The van der Waals surface area contributed by atoms with Crippen LogP contribution in [0.25, 0.3) is 0 Å². The topological polar surface area (TPSA) is 99.7 Å². The van der Waals surface area contributed by atoms with Gasteiger partial charge in [0.25, 0.3) is 0 Å². The van der Waals surface area contributed by atoms with Gasteiger partial charge in [-0.05, 0) is 27.7 Å². The van der Waals surface area contributed by atoms with Crippen LogP contribution < -0.4 is 16.0 Å². The number of urea groups is 1. The summed E-state index contributed by atoms with van der Waals surface area (Å²) in [6, 6.07) is -0.387. The third kappa shape index (κ3) is 11.0. The van der Waals surface area contributed by atoms with Crippen LogP contribution in [0, 0.1) is 0 Å². The quantitative estimate of drug-likeness (QED) is 0.531. The van der Waals surface area contributed by atoms with Crippen LogP contribution in [0.3, 0.4) is 0 Å². The average molecular weight is 261 g/mol. The second-order valence-electron chi connectivity index (χ2n) is 4.91. The van der Waals surface area contributed by atoms with Gasteiger partial charge in [0.05, 0.1) is 6.10 Å². The van der Waals surface area contributed by atoms with E-state index in [1.807, 2.05) is 0 Å². The molecule has 18 heavy (non-hydrogen) atoms. The molecule has 0 aromatic carbocycles. The van der Waals surface area contributed by atoms with Gasteiger partial charge < -0.3 is 25.8 Å². The maximum Gasteiger partial charge on any atom is 0.407 e. The standard InChI is InChI=1S/C11H23N3O4/c1-8(15)7-14-9(16)12-5-6-13-10(17)18-11(2,3)4/h8,15H,5-7H2,1-4H3,(H,13,17)(H2,12,14,16). The molecule has 3 amide bonds. The highest BCUT2D eigenvalue weighted by molar-refractivity contribution is 5.74. The Morgan fingerprint density at radius 3 is 2.22 bits per heavy atom. The Bertz CT molecular complexity index is 274. The van der Waals surface area contributed by atoms with Crippen molar-refractivity contribution < 1.29 is 19.4 Å². The molecule has 0 fully saturated rings. The van der Waals surface area contributed by atoms with Gasteiger partial charge in [0.2, 0.25) is 0 Å². The van der Waals surface area contributed by atoms with Crippen LogP contribution in [0.15, 0.2) is 0 Å². The minimum atomic E-state index is -0.587. The van der Waals surface area contributed by atoms with Gasteiger partial charge in [0, 0.05) is 19.6 Å².